The number of hydrogen-bond donors (Lipinski definition) is 1. The smallest absolute Gasteiger partial charge is 0.212 e. The minimum Gasteiger partial charge on any atom is -0.212 e. The van der Waals surface area contributed by atoms with Gasteiger partial charge in [0.05, 0.1) is 5.75 Å². The summed E-state index contributed by atoms with van der Waals surface area (Å²) in [5.74, 6) is 0.253. The zero-order valence-electron chi connectivity index (χ0n) is 8.47. The molecule has 13 heavy (non-hydrogen) atoms. The Morgan fingerprint density at radius 2 is 1.85 bits per heavy atom. The number of rotatable bonds is 4. The second-order valence-corrected chi connectivity index (χ2v) is 6.03. The summed E-state index contributed by atoms with van der Waals surface area (Å²) in [5.41, 5.74) is -0.159. The van der Waals surface area contributed by atoms with Gasteiger partial charge in [0.25, 0.3) is 0 Å². The van der Waals surface area contributed by atoms with E-state index >= 15 is 0 Å². The molecule has 0 spiro atoms. The highest BCUT2D eigenvalue weighted by Crippen LogP contribution is 2.29. The Bertz CT molecular complexity index is 253. The molecule has 1 rings (SSSR count). The van der Waals surface area contributed by atoms with Gasteiger partial charge in [0.1, 0.15) is 0 Å². The summed E-state index contributed by atoms with van der Waals surface area (Å²) < 4.78 is 25.8. The van der Waals surface area contributed by atoms with Crippen LogP contribution in [0, 0.1) is 0 Å². The molecule has 0 aromatic carbocycles. The van der Waals surface area contributed by atoms with Crippen molar-refractivity contribution in [1.82, 2.24) is 4.72 Å². The molecule has 1 N–H and O–H groups in total. The van der Waals surface area contributed by atoms with E-state index in [9.17, 15) is 8.42 Å². The van der Waals surface area contributed by atoms with Crippen LogP contribution >= 0.6 is 0 Å². The van der Waals surface area contributed by atoms with Crippen LogP contribution in [0.4, 0.5) is 0 Å². The highest BCUT2D eigenvalue weighted by molar-refractivity contribution is 7.89. The fourth-order valence-electron chi connectivity index (χ4n) is 1.95. The van der Waals surface area contributed by atoms with Crippen molar-refractivity contribution >= 4 is 10.0 Å². The molecule has 1 aliphatic carbocycles. The topological polar surface area (TPSA) is 46.2 Å². The van der Waals surface area contributed by atoms with E-state index < -0.39 is 10.0 Å². The van der Waals surface area contributed by atoms with Gasteiger partial charge in [-0.25, -0.2) is 13.1 Å². The molecule has 78 valence electrons. The molecule has 1 fully saturated rings. The van der Waals surface area contributed by atoms with Crippen LogP contribution in [0.15, 0.2) is 0 Å². The summed E-state index contributed by atoms with van der Waals surface area (Å²) in [6, 6.07) is 0. The summed E-state index contributed by atoms with van der Waals surface area (Å²) >= 11 is 0. The second-order valence-electron chi connectivity index (χ2n) is 4.19. The zero-order chi connectivity index (χ0) is 9.95. The lowest BCUT2D eigenvalue weighted by Crippen LogP contribution is -2.44. The van der Waals surface area contributed by atoms with Crippen LogP contribution < -0.4 is 4.72 Å². The maximum Gasteiger partial charge on any atom is 0.212 e. The van der Waals surface area contributed by atoms with Crippen molar-refractivity contribution in [2.24, 2.45) is 0 Å². The molecule has 1 saturated carbocycles. The molecule has 0 saturated heterocycles. The van der Waals surface area contributed by atoms with Crippen molar-refractivity contribution in [3.05, 3.63) is 0 Å². The van der Waals surface area contributed by atoms with E-state index in [0.29, 0.717) is 6.42 Å². The minimum absolute atomic E-state index is 0.159. The zero-order valence-corrected chi connectivity index (χ0v) is 9.28. The second kappa shape index (κ2) is 3.96. The Morgan fingerprint density at radius 3 is 2.31 bits per heavy atom. The molecule has 0 aliphatic heterocycles. The Balaban J connectivity index is 2.56. The molecular weight excluding hydrogens is 186 g/mol. The molecule has 0 aromatic heterocycles. The van der Waals surface area contributed by atoms with E-state index in [1.807, 2.05) is 13.8 Å². The standard InChI is InChI=1S/C9H19NO2S/c1-3-8-13(11,12)10-9(2)6-4-5-7-9/h10H,3-8H2,1-2H3. The molecule has 0 heterocycles. The average molecular weight is 205 g/mol. The molecule has 3 nitrogen and oxygen atoms in total. The van der Waals surface area contributed by atoms with Crippen LogP contribution in [0.25, 0.3) is 0 Å². The van der Waals surface area contributed by atoms with Gasteiger partial charge in [-0.2, -0.15) is 0 Å². The van der Waals surface area contributed by atoms with E-state index in [1.54, 1.807) is 0 Å². The quantitative estimate of drug-likeness (QED) is 0.758. The van der Waals surface area contributed by atoms with Crippen LogP contribution in [0.3, 0.4) is 0 Å². The Labute approximate surface area is 81.0 Å². The number of sulfonamides is 1. The van der Waals surface area contributed by atoms with Crippen LogP contribution in [-0.2, 0) is 10.0 Å². The molecule has 4 heteroatoms. The fourth-order valence-corrected chi connectivity index (χ4v) is 3.55. The molecule has 1 aliphatic rings. The van der Waals surface area contributed by atoms with Gasteiger partial charge in [0, 0.05) is 5.54 Å². The summed E-state index contributed by atoms with van der Waals surface area (Å²) in [6.45, 7) is 3.89. The Kier molecular flexibility index (Phi) is 3.35. The molecular formula is C9H19NO2S. The third-order valence-corrected chi connectivity index (χ3v) is 4.33. The molecule has 0 radical (unpaired) electrons. The third kappa shape index (κ3) is 3.27. The van der Waals surface area contributed by atoms with Gasteiger partial charge in [-0.05, 0) is 26.2 Å². The van der Waals surface area contributed by atoms with Gasteiger partial charge < -0.3 is 0 Å². The van der Waals surface area contributed by atoms with Crippen LogP contribution in [0.2, 0.25) is 0 Å². The first-order valence-electron chi connectivity index (χ1n) is 4.99. The van der Waals surface area contributed by atoms with Gasteiger partial charge in [-0.3, -0.25) is 0 Å². The first-order valence-corrected chi connectivity index (χ1v) is 6.64. The van der Waals surface area contributed by atoms with Crippen molar-refractivity contribution in [1.29, 1.82) is 0 Å². The van der Waals surface area contributed by atoms with Crippen molar-refractivity contribution < 1.29 is 8.42 Å². The predicted molar refractivity (Wildman–Crippen MR) is 54.1 cm³/mol. The van der Waals surface area contributed by atoms with Gasteiger partial charge in [-0.15, -0.1) is 0 Å². The van der Waals surface area contributed by atoms with Crippen LogP contribution in [-0.4, -0.2) is 19.7 Å². The summed E-state index contributed by atoms with van der Waals surface area (Å²) in [4.78, 5) is 0. The average Bonchev–Trinajstić information content (AvgIpc) is 2.33. The summed E-state index contributed by atoms with van der Waals surface area (Å²) in [5, 5.41) is 0. The molecule has 0 atom stereocenters. The first kappa shape index (κ1) is 11.0. The largest absolute Gasteiger partial charge is 0.212 e. The van der Waals surface area contributed by atoms with Crippen LogP contribution in [0.1, 0.15) is 46.0 Å². The maximum absolute atomic E-state index is 11.5. The lowest BCUT2D eigenvalue weighted by molar-refractivity contribution is 0.427. The monoisotopic (exact) mass is 205 g/mol. The van der Waals surface area contributed by atoms with E-state index in [4.69, 9.17) is 0 Å². The lowest BCUT2D eigenvalue weighted by atomic mass is 10.0. The van der Waals surface area contributed by atoms with Crippen molar-refractivity contribution in [3.63, 3.8) is 0 Å². The summed E-state index contributed by atoms with van der Waals surface area (Å²) in [7, 11) is -3.02. The molecule has 0 bridgehead atoms. The summed E-state index contributed by atoms with van der Waals surface area (Å²) in [6.07, 6.45) is 4.94. The SMILES string of the molecule is CCCS(=O)(=O)NC1(C)CCCC1. The highest BCUT2D eigenvalue weighted by Gasteiger charge is 2.32. The Morgan fingerprint density at radius 1 is 1.31 bits per heavy atom. The van der Waals surface area contributed by atoms with E-state index in [2.05, 4.69) is 4.72 Å². The Hall–Kier alpha value is -0.0900. The van der Waals surface area contributed by atoms with E-state index in [-0.39, 0.29) is 11.3 Å². The van der Waals surface area contributed by atoms with Gasteiger partial charge in [0.15, 0.2) is 0 Å². The number of nitrogens with one attached hydrogen (secondary N) is 1. The van der Waals surface area contributed by atoms with E-state index in [0.717, 1.165) is 25.7 Å². The highest BCUT2D eigenvalue weighted by atomic mass is 32.2. The fraction of sp³-hybridized carbons (Fsp3) is 1.00. The predicted octanol–water partition coefficient (Wildman–Crippen LogP) is 1.65. The lowest BCUT2D eigenvalue weighted by Gasteiger charge is -2.24. The third-order valence-electron chi connectivity index (χ3n) is 2.58. The maximum atomic E-state index is 11.5. The van der Waals surface area contributed by atoms with Gasteiger partial charge in [-0.1, -0.05) is 19.8 Å². The first-order chi connectivity index (χ1) is 5.97. The molecule has 0 amide bonds. The van der Waals surface area contributed by atoms with E-state index in [1.165, 1.54) is 0 Å². The van der Waals surface area contributed by atoms with Gasteiger partial charge in [0.2, 0.25) is 10.0 Å². The van der Waals surface area contributed by atoms with Gasteiger partial charge >= 0.3 is 0 Å². The van der Waals surface area contributed by atoms with Crippen molar-refractivity contribution in [2.75, 3.05) is 5.75 Å². The van der Waals surface area contributed by atoms with Crippen LogP contribution in [0.5, 0.6) is 0 Å². The number of hydrogen-bond acceptors (Lipinski definition) is 2. The molecule has 0 unspecified atom stereocenters. The minimum atomic E-state index is -3.02. The normalized spacial score (nSPS) is 22.0. The molecule has 0 aromatic rings. The van der Waals surface area contributed by atoms with Crippen molar-refractivity contribution in [2.45, 2.75) is 51.5 Å². The van der Waals surface area contributed by atoms with Crippen molar-refractivity contribution in [3.8, 4) is 0 Å².